The minimum Gasteiger partial charge on any atom is -0.316 e. The maximum atomic E-state index is 13.6. The van der Waals surface area contributed by atoms with Crippen molar-refractivity contribution in [3.8, 4) is 0 Å². The lowest BCUT2D eigenvalue weighted by Crippen LogP contribution is -2.15. The van der Waals surface area contributed by atoms with Gasteiger partial charge < -0.3 is 5.32 Å². The summed E-state index contributed by atoms with van der Waals surface area (Å²) in [5.74, 6) is -3.50. The molecule has 11 heteroatoms. The second-order valence-corrected chi connectivity index (χ2v) is 6.08. The van der Waals surface area contributed by atoms with Gasteiger partial charge in [-0.3, -0.25) is 4.79 Å². The highest BCUT2D eigenvalue weighted by Crippen LogP contribution is 2.25. The van der Waals surface area contributed by atoms with Gasteiger partial charge in [-0.15, -0.1) is 0 Å². The molecule has 0 atom stereocenters. The molecule has 2 aromatic rings. The average molecular weight is 323 g/mol. The standard InChI is InChI=1S/C9H5ClF2N4O3S/c10-20(18,19)4-1-5(11)8(6(12)2-4)14-9(17)7-3-13-16-15-7/h1-3H,(H,14,17)(H,13,15,16). The van der Waals surface area contributed by atoms with Crippen molar-refractivity contribution in [2.75, 3.05) is 5.32 Å². The number of aromatic nitrogens is 3. The van der Waals surface area contributed by atoms with Gasteiger partial charge >= 0.3 is 0 Å². The highest BCUT2D eigenvalue weighted by molar-refractivity contribution is 8.13. The number of nitrogens with zero attached hydrogens (tertiary/aromatic N) is 2. The Morgan fingerprint density at radius 3 is 2.35 bits per heavy atom. The van der Waals surface area contributed by atoms with Crippen LogP contribution in [0.5, 0.6) is 0 Å². The third kappa shape index (κ3) is 2.91. The molecule has 0 spiro atoms. The Morgan fingerprint density at radius 1 is 1.30 bits per heavy atom. The Bertz CT molecular complexity index is 740. The van der Waals surface area contributed by atoms with Crippen LogP contribution in [0.3, 0.4) is 0 Å². The highest BCUT2D eigenvalue weighted by atomic mass is 35.7. The number of hydrogen-bond donors (Lipinski definition) is 2. The molecular formula is C9H5ClF2N4O3S. The summed E-state index contributed by atoms with van der Waals surface area (Å²) in [6.45, 7) is 0. The van der Waals surface area contributed by atoms with Crippen LogP contribution >= 0.6 is 10.7 Å². The van der Waals surface area contributed by atoms with Gasteiger partial charge in [-0.1, -0.05) is 0 Å². The summed E-state index contributed by atoms with van der Waals surface area (Å²) in [5.41, 5.74) is -1.01. The largest absolute Gasteiger partial charge is 0.316 e. The molecule has 2 rings (SSSR count). The van der Waals surface area contributed by atoms with Crippen molar-refractivity contribution in [2.24, 2.45) is 0 Å². The molecule has 0 saturated heterocycles. The van der Waals surface area contributed by atoms with Gasteiger partial charge in [0, 0.05) is 10.7 Å². The van der Waals surface area contributed by atoms with E-state index in [1.165, 1.54) is 0 Å². The number of amides is 1. The van der Waals surface area contributed by atoms with Gasteiger partial charge in [0.1, 0.15) is 5.69 Å². The first-order valence-electron chi connectivity index (χ1n) is 4.90. The number of carbonyl (C=O) groups is 1. The SMILES string of the molecule is O=C(Nc1c(F)cc(S(=O)(=O)Cl)cc1F)c1cn[nH]n1. The average Bonchev–Trinajstić information content (AvgIpc) is 2.85. The molecule has 1 amide bonds. The van der Waals surface area contributed by atoms with Crippen LogP contribution in [0.4, 0.5) is 14.5 Å². The van der Waals surface area contributed by atoms with E-state index >= 15 is 0 Å². The fourth-order valence-electron chi connectivity index (χ4n) is 1.30. The molecule has 0 bridgehead atoms. The van der Waals surface area contributed by atoms with Gasteiger partial charge in [-0.25, -0.2) is 17.2 Å². The molecule has 106 valence electrons. The van der Waals surface area contributed by atoms with Crippen molar-refractivity contribution in [2.45, 2.75) is 4.90 Å². The van der Waals surface area contributed by atoms with Gasteiger partial charge in [0.15, 0.2) is 17.3 Å². The van der Waals surface area contributed by atoms with Gasteiger partial charge in [0.25, 0.3) is 15.0 Å². The van der Waals surface area contributed by atoms with E-state index in [9.17, 15) is 22.0 Å². The van der Waals surface area contributed by atoms with Crippen molar-refractivity contribution < 1.29 is 22.0 Å². The maximum absolute atomic E-state index is 13.6. The minimum absolute atomic E-state index is 0.196. The van der Waals surface area contributed by atoms with Gasteiger partial charge in [-0.2, -0.15) is 15.4 Å². The lowest BCUT2D eigenvalue weighted by molar-refractivity contribution is 0.102. The molecule has 1 aromatic heterocycles. The van der Waals surface area contributed by atoms with Crippen LogP contribution in [0.2, 0.25) is 0 Å². The van der Waals surface area contributed by atoms with Gasteiger partial charge in [-0.05, 0) is 12.1 Å². The molecule has 1 heterocycles. The second-order valence-electron chi connectivity index (χ2n) is 3.51. The van der Waals surface area contributed by atoms with E-state index in [4.69, 9.17) is 10.7 Å². The van der Waals surface area contributed by atoms with Crippen LogP contribution in [0.15, 0.2) is 23.2 Å². The number of carbonyl (C=O) groups excluding carboxylic acids is 1. The molecule has 0 aliphatic rings. The fraction of sp³-hybridized carbons (Fsp3) is 0. The predicted octanol–water partition coefficient (Wildman–Crippen LogP) is 1.26. The molecule has 0 fully saturated rings. The zero-order valence-electron chi connectivity index (χ0n) is 9.39. The first-order valence-corrected chi connectivity index (χ1v) is 7.21. The van der Waals surface area contributed by atoms with E-state index in [0.717, 1.165) is 6.20 Å². The molecule has 0 aliphatic heterocycles. The van der Waals surface area contributed by atoms with Crippen molar-refractivity contribution in [1.82, 2.24) is 15.4 Å². The highest BCUT2D eigenvalue weighted by Gasteiger charge is 2.20. The lowest BCUT2D eigenvalue weighted by atomic mass is 10.2. The van der Waals surface area contributed by atoms with Crippen LogP contribution in [-0.2, 0) is 9.05 Å². The summed E-state index contributed by atoms with van der Waals surface area (Å²) in [4.78, 5) is 10.8. The second kappa shape index (κ2) is 5.13. The smallest absolute Gasteiger partial charge is 0.277 e. The van der Waals surface area contributed by atoms with Crippen molar-refractivity contribution in [1.29, 1.82) is 0 Å². The zero-order chi connectivity index (χ0) is 14.9. The number of benzene rings is 1. The summed E-state index contributed by atoms with van der Waals surface area (Å²) < 4.78 is 49.2. The van der Waals surface area contributed by atoms with Crippen LogP contribution < -0.4 is 5.32 Å². The van der Waals surface area contributed by atoms with E-state index in [2.05, 4.69) is 15.4 Å². The van der Waals surface area contributed by atoms with Crippen molar-refractivity contribution >= 4 is 31.3 Å². The molecule has 0 unspecified atom stereocenters. The van der Waals surface area contributed by atoms with E-state index in [1.54, 1.807) is 0 Å². The monoisotopic (exact) mass is 322 g/mol. The Morgan fingerprint density at radius 2 is 1.90 bits per heavy atom. The molecule has 0 radical (unpaired) electrons. The summed E-state index contributed by atoms with van der Waals surface area (Å²) >= 11 is 0. The molecule has 1 aromatic carbocycles. The van der Waals surface area contributed by atoms with Crippen LogP contribution in [0.25, 0.3) is 0 Å². The van der Waals surface area contributed by atoms with E-state index in [-0.39, 0.29) is 5.69 Å². The first kappa shape index (κ1) is 14.3. The van der Waals surface area contributed by atoms with Gasteiger partial charge in [0.2, 0.25) is 0 Å². The number of H-pyrrole nitrogens is 1. The number of rotatable bonds is 3. The predicted molar refractivity (Wildman–Crippen MR) is 63.7 cm³/mol. The number of anilines is 1. The molecule has 0 aliphatic carbocycles. The minimum atomic E-state index is -4.28. The molecule has 7 nitrogen and oxygen atoms in total. The Balaban J connectivity index is 2.37. The Kier molecular flexibility index (Phi) is 3.68. The van der Waals surface area contributed by atoms with E-state index in [0.29, 0.717) is 12.1 Å². The van der Waals surface area contributed by atoms with Crippen LogP contribution in [-0.4, -0.2) is 29.7 Å². The number of nitrogens with one attached hydrogen (secondary N) is 2. The summed E-state index contributed by atoms with van der Waals surface area (Å²) in [6, 6.07) is 0.980. The molecule has 20 heavy (non-hydrogen) atoms. The summed E-state index contributed by atoms with van der Waals surface area (Å²) in [7, 11) is 0.687. The topological polar surface area (TPSA) is 105 Å². The fourth-order valence-corrected chi connectivity index (χ4v) is 2.05. The van der Waals surface area contributed by atoms with Crippen molar-refractivity contribution in [3.63, 3.8) is 0 Å². The number of hydrogen-bond acceptors (Lipinski definition) is 5. The normalized spacial score (nSPS) is 11.3. The Labute approximate surface area is 115 Å². The quantitative estimate of drug-likeness (QED) is 0.828. The molecule has 2 N–H and O–H groups in total. The van der Waals surface area contributed by atoms with E-state index in [1.807, 2.05) is 5.32 Å². The van der Waals surface area contributed by atoms with Crippen LogP contribution in [0, 0.1) is 11.6 Å². The number of halogens is 3. The summed E-state index contributed by atoms with van der Waals surface area (Å²) in [5, 5.41) is 10.8. The first-order chi connectivity index (χ1) is 9.29. The van der Waals surface area contributed by atoms with Crippen LogP contribution in [0.1, 0.15) is 10.5 Å². The zero-order valence-corrected chi connectivity index (χ0v) is 11.0. The molecule has 0 saturated carbocycles. The third-order valence-electron chi connectivity index (χ3n) is 2.18. The third-order valence-corrected chi connectivity index (χ3v) is 3.52. The number of aromatic amines is 1. The van der Waals surface area contributed by atoms with Gasteiger partial charge in [0.05, 0.1) is 11.1 Å². The summed E-state index contributed by atoms with van der Waals surface area (Å²) in [6.07, 6.45) is 1.04. The Hall–Kier alpha value is -2.07. The van der Waals surface area contributed by atoms with E-state index < -0.39 is 37.2 Å². The molecular weight excluding hydrogens is 318 g/mol. The lowest BCUT2D eigenvalue weighted by Gasteiger charge is -2.07. The van der Waals surface area contributed by atoms with Crippen molar-refractivity contribution in [3.05, 3.63) is 35.7 Å². The maximum Gasteiger partial charge on any atom is 0.277 e.